The summed E-state index contributed by atoms with van der Waals surface area (Å²) in [5.41, 5.74) is 0.705. The van der Waals surface area contributed by atoms with Crippen molar-refractivity contribution in [1.82, 2.24) is 9.80 Å². The predicted octanol–water partition coefficient (Wildman–Crippen LogP) is 3.79. The lowest BCUT2D eigenvalue weighted by molar-refractivity contribution is -0.160. The molecule has 2 amide bonds. The van der Waals surface area contributed by atoms with E-state index in [1.807, 2.05) is 12.1 Å². The fraction of sp³-hybridized carbons (Fsp3) is 0.500. The molecule has 1 aliphatic heterocycles. The van der Waals surface area contributed by atoms with Crippen LogP contribution in [-0.2, 0) is 16.1 Å². The van der Waals surface area contributed by atoms with E-state index in [0.29, 0.717) is 28.7 Å². The third-order valence-electron chi connectivity index (χ3n) is 6.51. The van der Waals surface area contributed by atoms with E-state index >= 15 is 0 Å². The van der Waals surface area contributed by atoms with Crippen LogP contribution in [0, 0.1) is 5.92 Å². The maximum atomic E-state index is 13.8. The van der Waals surface area contributed by atoms with Crippen LogP contribution < -0.4 is 9.47 Å². The summed E-state index contributed by atoms with van der Waals surface area (Å²) in [5, 5.41) is 0. The summed E-state index contributed by atoms with van der Waals surface area (Å²) < 4.78 is 16.3. The highest BCUT2D eigenvalue weighted by molar-refractivity contribution is 5.96. The smallest absolute Gasteiger partial charge is 0.250 e. The lowest BCUT2D eigenvalue weighted by Crippen LogP contribution is -2.58. The molecule has 1 aliphatic carbocycles. The van der Waals surface area contributed by atoms with Gasteiger partial charge in [0.25, 0.3) is 5.91 Å². The number of hydrogen-bond donors (Lipinski definition) is 0. The molecule has 4 rings (SSSR count). The quantitative estimate of drug-likeness (QED) is 0.703. The summed E-state index contributed by atoms with van der Waals surface area (Å²) >= 11 is 0. The van der Waals surface area contributed by atoms with E-state index in [-0.39, 0.29) is 30.9 Å². The first-order valence-corrected chi connectivity index (χ1v) is 10.9. The highest BCUT2D eigenvalue weighted by atomic mass is 16.5. The number of amides is 2. The number of benzene rings is 1. The summed E-state index contributed by atoms with van der Waals surface area (Å²) in [7, 11) is 3.13. The van der Waals surface area contributed by atoms with Gasteiger partial charge in [0.15, 0.2) is 11.5 Å². The van der Waals surface area contributed by atoms with E-state index < -0.39 is 6.04 Å². The number of piperazine rings is 1. The van der Waals surface area contributed by atoms with Crippen LogP contribution in [0.5, 0.6) is 11.5 Å². The Kier molecular flexibility index (Phi) is 6.20. The van der Waals surface area contributed by atoms with Gasteiger partial charge < -0.3 is 23.7 Å². The van der Waals surface area contributed by atoms with Crippen molar-refractivity contribution >= 4 is 11.8 Å². The molecular weight excluding hydrogens is 396 g/mol. The minimum Gasteiger partial charge on any atom is -0.493 e. The molecule has 0 bridgehead atoms. The Hall–Kier alpha value is -2.96. The summed E-state index contributed by atoms with van der Waals surface area (Å²) in [5.74, 6) is 2.31. The van der Waals surface area contributed by atoms with Gasteiger partial charge in [0, 0.05) is 6.04 Å². The minimum atomic E-state index is -0.731. The third-order valence-corrected chi connectivity index (χ3v) is 6.51. The number of carbonyl (C=O) groups is 2. The zero-order valence-corrected chi connectivity index (χ0v) is 18.4. The normalized spacial score (nSPS) is 24.4. The Labute approximate surface area is 182 Å². The van der Waals surface area contributed by atoms with E-state index in [0.717, 1.165) is 25.7 Å². The SMILES string of the molecule is COc1ccc(C2C(=O)N(C3CCC(C)CC3)CC(=O)N2Cc2ccco2)cc1OC. The van der Waals surface area contributed by atoms with Gasteiger partial charge in [0.05, 0.1) is 27.0 Å². The third kappa shape index (κ3) is 4.27. The van der Waals surface area contributed by atoms with E-state index in [9.17, 15) is 9.59 Å². The van der Waals surface area contributed by atoms with Crippen molar-refractivity contribution < 1.29 is 23.5 Å². The molecule has 0 radical (unpaired) electrons. The van der Waals surface area contributed by atoms with Crippen molar-refractivity contribution in [1.29, 1.82) is 0 Å². The number of furan rings is 1. The summed E-state index contributed by atoms with van der Waals surface area (Å²) in [6.07, 6.45) is 5.63. The Balaban J connectivity index is 1.69. The van der Waals surface area contributed by atoms with E-state index in [2.05, 4.69) is 6.92 Å². The predicted molar refractivity (Wildman–Crippen MR) is 115 cm³/mol. The van der Waals surface area contributed by atoms with Crippen LogP contribution >= 0.6 is 0 Å². The molecule has 31 heavy (non-hydrogen) atoms. The van der Waals surface area contributed by atoms with Gasteiger partial charge in [0.2, 0.25) is 5.91 Å². The second-order valence-electron chi connectivity index (χ2n) is 8.50. The van der Waals surface area contributed by atoms with Crippen molar-refractivity contribution in [3.8, 4) is 11.5 Å². The molecule has 2 aromatic rings. The molecule has 1 aromatic carbocycles. The van der Waals surface area contributed by atoms with Gasteiger partial charge in [-0.2, -0.15) is 0 Å². The molecule has 1 aromatic heterocycles. The summed E-state index contributed by atoms with van der Waals surface area (Å²) in [6, 6.07) is 8.38. The second kappa shape index (κ2) is 9.04. The molecule has 7 heteroatoms. The topological polar surface area (TPSA) is 72.2 Å². The van der Waals surface area contributed by atoms with Crippen molar-refractivity contribution in [2.24, 2.45) is 5.92 Å². The zero-order valence-electron chi connectivity index (χ0n) is 18.4. The van der Waals surface area contributed by atoms with Gasteiger partial charge in [-0.05, 0) is 61.4 Å². The maximum Gasteiger partial charge on any atom is 0.250 e. The van der Waals surface area contributed by atoms with Crippen molar-refractivity contribution in [2.45, 2.75) is 51.2 Å². The molecule has 2 fully saturated rings. The highest BCUT2D eigenvalue weighted by Gasteiger charge is 2.43. The first-order valence-electron chi connectivity index (χ1n) is 10.9. The van der Waals surface area contributed by atoms with E-state index in [1.54, 1.807) is 48.5 Å². The molecule has 2 aliphatic rings. The van der Waals surface area contributed by atoms with Crippen molar-refractivity contribution in [2.75, 3.05) is 20.8 Å². The van der Waals surface area contributed by atoms with Crippen LogP contribution in [0.15, 0.2) is 41.0 Å². The van der Waals surface area contributed by atoms with E-state index in [1.165, 1.54) is 0 Å². The molecule has 7 nitrogen and oxygen atoms in total. The zero-order chi connectivity index (χ0) is 22.0. The largest absolute Gasteiger partial charge is 0.493 e. The number of rotatable bonds is 6. The molecular formula is C24H30N2O5. The summed E-state index contributed by atoms with van der Waals surface area (Å²) in [4.78, 5) is 30.5. The van der Waals surface area contributed by atoms with E-state index in [4.69, 9.17) is 13.9 Å². The lowest BCUT2D eigenvalue weighted by Gasteiger charge is -2.45. The number of methoxy groups -OCH3 is 2. The number of nitrogens with zero attached hydrogens (tertiary/aromatic N) is 2. The monoisotopic (exact) mass is 426 g/mol. The van der Waals surface area contributed by atoms with Crippen LogP contribution in [-0.4, -0.2) is 48.4 Å². The average Bonchev–Trinajstić information content (AvgIpc) is 3.30. The molecule has 0 N–H and O–H groups in total. The van der Waals surface area contributed by atoms with Gasteiger partial charge in [-0.15, -0.1) is 0 Å². The molecule has 166 valence electrons. The van der Waals surface area contributed by atoms with Crippen molar-refractivity contribution in [3.63, 3.8) is 0 Å². The van der Waals surface area contributed by atoms with Crippen LogP contribution in [0.25, 0.3) is 0 Å². The summed E-state index contributed by atoms with van der Waals surface area (Å²) in [6.45, 7) is 2.60. The Bertz CT molecular complexity index is 918. The highest BCUT2D eigenvalue weighted by Crippen LogP contribution is 2.37. The molecule has 1 atom stereocenters. The Morgan fingerprint density at radius 2 is 1.77 bits per heavy atom. The molecule has 0 spiro atoms. The Morgan fingerprint density at radius 3 is 2.42 bits per heavy atom. The first-order chi connectivity index (χ1) is 15.0. The van der Waals surface area contributed by atoms with Gasteiger partial charge in [-0.1, -0.05) is 13.0 Å². The fourth-order valence-electron chi connectivity index (χ4n) is 4.71. The van der Waals surface area contributed by atoms with Crippen LogP contribution in [0.1, 0.15) is 50.0 Å². The van der Waals surface area contributed by atoms with Gasteiger partial charge in [-0.25, -0.2) is 0 Å². The van der Waals surface area contributed by atoms with Crippen LogP contribution in [0.3, 0.4) is 0 Å². The standard InChI is InChI=1S/C24H30N2O5/c1-16-6-9-18(10-7-16)25-15-22(27)26(14-19-5-4-12-31-19)23(24(25)28)17-8-11-20(29-2)21(13-17)30-3/h4-5,8,11-13,16,18,23H,6-7,9-10,14-15H2,1-3H3. The van der Waals surface area contributed by atoms with Crippen LogP contribution in [0.4, 0.5) is 0 Å². The molecule has 1 saturated heterocycles. The fourth-order valence-corrected chi connectivity index (χ4v) is 4.71. The second-order valence-corrected chi connectivity index (χ2v) is 8.50. The molecule has 1 unspecified atom stereocenters. The number of carbonyl (C=O) groups excluding carboxylic acids is 2. The first kappa shape index (κ1) is 21.3. The van der Waals surface area contributed by atoms with Gasteiger partial charge >= 0.3 is 0 Å². The minimum absolute atomic E-state index is 0.0436. The maximum absolute atomic E-state index is 13.8. The van der Waals surface area contributed by atoms with Gasteiger partial charge in [-0.3, -0.25) is 9.59 Å². The lowest BCUT2D eigenvalue weighted by atomic mass is 9.85. The molecule has 2 heterocycles. The van der Waals surface area contributed by atoms with Crippen molar-refractivity contribution in [3.05, 3.63) is 47.9 Å². The number of ether oxygens (including phenoxy) is 2. The van der Waals surface area contributed by atoms with Crippen LogP contribution in [0.2, 0.25) is 0 Å². The van der Waals surface area contributed by atoms with Gasteiger partial charge in [0.1, 0.15) is 18.3 Å². The number of hydrogen-bond acceptors (Lipinski definition) is 5. The Morgan fingerprint density at radius 1 is 1.03 bits per heavy atom. The average molecular weight is 427 g/mol. The molecule has 1 saturated carbocycles.